The molecule has 0 aliphatic rings. The minimum atomic E-state index is -0.896. The summed E-state index contributed by atoms with van der Waals surface area (Å²) in [6.45, 7) is 1.47. The Labute approximate surface area is 472 Å². The van der Waals surface area contributed by atoms with E-state index in [4.69, 9.17) is 0 Å². The van der Waals surface area contributed by atoms with E-state index in [0.717, 1.165) is 42.5 Å². The molecule has 33 heteroatoms. The van der Waals surface area contributed by atoms with Gasteiger partial charge in [-0.2, -0.15) is 40.9 Å². The van der Waals surface area contributed by atoms with E-state index in [1.54, 1.807) is 0 Å². The van der Waals surface area contributed by atoms with Crippen molar-refractivity contribution in [2.75, 3.05) is 0 Å². The zero-order valence-corrected chi connectivity index (χ0v) is 43.0. The Morgan fingerprint density at radius 3 is 0.894 bits per heavy atom. The minimum Gasteiger partial charge on any atom is -0.508 e. The maximum absolute atomic E-state index is 12.2. The quantitative estimate of drug-likeness (QED) is 0.0295. The summed E-state index contributed by atoms with van der Waals surface area (Å²) >= 11 is 0. The molecular formula is C52H35N15O18. The maximum atomic E-state index is 12.2. The van der Waals surface area contributed by atoms with Crippen LogP contribution < -0.4 is 0 Å². The normalized spacial score (nSPS) is 11.4. The minimum absolute atomic E-state index is 0.00606. The summed E-state index contributed by atoms with van der Waals surface area (Å²) in [6.07, 6.45) is -1.20. The predicted octanol–water partition coefficient (Wildman–Crippen LogP) is 14.6. The highest BCUT2D eigenvalue weighted by atomic mass is 16.7. The van der Waals surface area contributed by atoms with E-state index in [2.05, 4.69) is 40.9 Å². The van der Waals surface area contributed by atoms with E-state index in [1.165, 1.54) is 85.8 Å². The standard InChI is InChI=1S/C52H35N15O18/c1-27-7-36(55-58-39-18-43(62(74)75)24-44(19-39)63(76)77)12-29(50(27)69)9-31-14-38(57-60-41-22-47(66(82)83)26-48(23-41)67(84)85)16-33(52(31)71)10-32-15-37(56-59-40-20-45(64(78)79)25-46(21-40)65(80)81)13-30(51(32)70)8-28-11-35(5-6-49(28)68)54-53-34-3-2-4-42(17-34)61(72)73/h2-7,11-26,68-71H,8-10H2,1H3. The number of aryl methyl sites for hydroxylation is 1. The highest BCUT2D eigenvalue weighted by Gasteiger charge is 2.23. The van der Waals surface area contributed by atoms with Gasteiger partial charge in [0.2, 0.25) is 0 Å². The number of phenols is 4. The van der Waals surface area contributed by atoms with Crippen molar-refractivity contribution in [1.82, 2.24) is 0 Å². The smallest absolute Gasteiger partial charge is 0.278 e. The molecule has 0 spiro atoms. The Morgan fingerprint density at radius 2 is 0.553 bits per heavy atom. The van der Waals surface area contributed by atoms with Gasteiger partial charge in [0, 0.05) is 101 Å². The largest absolute Gasteiger partial charge is 0.508 e. The second-order valence-corrected chi connectivity index (χ2v) is 18.1. The average molecular weight is 1160 g/mol. The van der Waals surface area contributed by atoms with Crippen LogP contribution >= 0.6 is 0 Å². The highest BCUT2D eigenvalue weighted by Crippen LogP contribution is 2.42. The van der Waals surface area contributed by atoms with Crippen molar-refractivity contribution in [3.8, 4) is 23.0 Å². The SMILES string of the molecule is Cc1cc(N=Nc2cc([N+](=O)[O-])cc([N+](=O)[O-])c2)cc(Cc2cc(N=Nc3cc([N+](=O)[O-])cc([N+](=O)[O-])c3)cc(Cc3cc(N=Nc4cc([N+](=O)[O-])cc([N+](=O)[O-])c4)cc(Cc4cc(N=Nc5cccc([N+](=O)[O-])c5)ccc4O)c3O)c2O)c1O. The van der Waals surface area contributed by atoms with Crippen LogP contribution in [-0.2, 0) is 19.3 Å². The van der Waals surface area contributed by atoms with Crippen LogP contribution in [0, 0.1) is 77.7 Å². The lowest BCUT2D eigenvalue weighted by Crippen LogP contribution is -1.98. The van der Waals surface area contributed by atoms with Gasteiger partial charge in [-0.15, -0.1) is 0 Å². The summed E-state index contributed by atoms with van der Waals surface area (Å²) in [5.74, 6) is -1.67. The lowest BCUT2D eigenvalue weighted by molar-refractivity contribution is -0.394. The van der Waals surface area contributed by atoms with Crippen molar-refractivity contribution in [3.05, 3.63) is 243 Å². The predicted molar refractivity (Wildman–Crippen MR) is 295 cm³/mol. The third-order valence-electron chi connectivity index (χ3n) is 12.2. The fourth-order valence-electron chi connectivity index (χ4n) is 8.23. The molecule has 0 heterocycles. The number of hydrogen-bond acceptors (Lipinski definition) is 26. The van der Waals surface area contributed by atoms with Crippen molar-refractivity contribution >= 4 is 85.3 Å². The number of phenolic OH excluding ortho intramolecular Hbond substituents is 4. The van der Waals surface area contributed by atoms with Gasteiger partial charge in [0.05, 0.1) is 98.2 Å². The number of benzene rings is 8. The number of aromatic hydroxyl groups is 4. The van der Waals surface area contributed by atoms with Gasteiger partial charge in [0.1, 0.15) is 23.0 Å². The molecular weight excluding hydrogens is 1120 g/mol. The summed E-state index contributed by atoms with van der Waals surface area (Å²) in [7, 11) is 0. The van der Waals surface area contributed by atoms with Crippen molar-refractivity contribution in [3.63, 3.8) is 0 Å². The van der Waals surface area contributed by atoms with Gasteiger partial charge in [-0.25, -0.2) is 0 Å². The lowest BCUT2D eigenvalue weighted by Gasteiger charge is -2.16. The number of rotatable bonds is 21. The van der Waals surface area contributed by atoms with Gasteiger partial charge in [0.15, 0.2) is 0 Å². The molecule has 4 N–H and O–H groups in total. The molecule has 0 saturated carbocycles. The highest BCUT2D eigenvalue weighted by molar-refractivity contribution is 5.64. The van der Waals surface area contributed by atoms with E-state index >= 15 is 0 Å². The van der Waals surface area contributed by atoms with Crippen molar-refractivity contribution < 1.29 is 54.9 Å². The number of nitro benzene ring substituents is 7. The number of nitrogens with zero attached hydrogens (tertiary/aromatic N) is 15. The van der Waals surface area contributed by atoms with Gasteiger partial charge in [-0.05, 0) is 73.2 Å². The molecule has 0 saturated heterocycles. The van der Waals surface area contributed by atoms with Crippen LogP contribution in [0.1, 0.15) is 38.9 Å². The summed E-state index contributed by atoms with van der Waals surface area (Å²) in [6, 6.07) is 24.6. The van der Waals surface area contributed by atoms with Crippen molar-refractivity contribution in [2.24, 2.45) is 40.9 Å². The van der Waals surface area contributed by atoms with E-state index in [9.17, 15) is 91.2 Å². The molecule has 426 valence electrons. The Balaban J connectivity index is 1.25. The lowest BCUT2D eigenvalue weighted by atomic mass is 9.93. The van der Waals surface area contributed by atoms with E-state index in [0.29, 0.717) is 12.1 Å². The van der Waals surface area contributed by atoms with Gasteiger partial charge in [0.25, 0.3) is 39.8 Å². The Kier molecular flexibility index (Phi) is 16.9. The first kappa shape index (κ1) is 58.3. The molecule has 0 radical (unpaired) electrons. The third kappa shape index (κ3) is 14.3. The van der Waals surface area contributed by atoms with Crippen LogP contribution in [0.15, 0.2) is 174 Å². The zero-order chi connectivity index (χ0) is 61.4. The van der Waals surface area contributed by atoms with Crippen LogP contribution in [0.2, 0.25) is 0 Å². The Morgan fingerprint density at radius 1 is 0.294 bits per heavy atom. The molecule has 0 aliphatic heterocycles. The molecule has 0 amide bonds. The fraction of sp³-hybridized carbons (Fsp3) is 0.0769. The first-order valence-corrected chi connectivity index (χ1v) is 23.9. The van der Waals surface area contributed by atoms with Gasteiger partial charge < -0.3 is 20.4 Å². The molecule has 33 nitrogen and oxygen atoms in total. The maximum Gasteiger partial charge on any atom is 0.278 e. The second kappa shape index (κ2) is 24.7. The number of nitro groups is 7. The first-order chi connectivity index (χ1) is 40.4. The molecule has 8 aromatic carbocycles. The molecule has 0 fully saturated rings. The Bertz CT molecular complexity index is 4170. The van der Waals surface area contributed by atoms with Crippen LogP contribution in [0.3, 0.4) is 0 Å². The average Bonchev–Trinajstić information content (AvgIpc) is 3.21. The van der Waals surface area contributed by atoms with E-state index < -0.39 is 92.9 Å². The summed E-state index contributed by atoms with van der Waals surface area (Å²) in [5.41, 5.74) is -5.22. The molecule has 8 rings (SSSR count). The van der Waals surface area contributed by atoms with Crippen LogP contribution in [0.4, 0.5) is 85.3 Å². The van der Waals surface area contributed by atoms with E-state index in [-0.39, 0.29) is 108 Å². The third-order valence-corrected chi connectivity index (χ3v) is 12.2. The van der Waals surface area contributed by atoms with Gasteiger partial charge >= 0.3 is 0 Å². The molecule has 8 aromatic rings. The molecule has 0 unspecified atom stereocenters. The Hall–Kier alpha value is -12.8. The molecule has 0 aromatic heterocycles. The number of non-ortho nitro benzene ring substituents is 7. The van der Waals surface area contributed by atoms with Crippen LogP contribution in [0.25, 0.3) is 0 Å². The van der Waals surface area contributed by atoms with E-state index in [1.807, 2.05) is 0 Å². The summed E-state index contributed by atoms with van der Waals surface area (Å²) in [4.78, 5) is 75.3. The van der Waals surface area contributed by atoms with Crippen LogP contribution in [-0.4, -0.2) is 54.9 Å². The monoisotopic (exact) mass is 1160 g/mol. The summed E-state index contributed by atoms with van der Waals surface area (Å²) < 4.78 is 0. The van der Waals surface area contributed by atoms with Crippen molar-refractivity contribution in [2.45, 2.75) is 26.2 Å². The number of hydrogen-bond donors (Lipinski definition) is 4. The molecule has 0 bridgehead atoms. The fourth-order valence-corrected chi connectivity index (χ4v) is 8.23. The van der Waals surface area contributed by atoms with Gasteiger partial charge in [-0.3, -0.25) is 70.8 Å². The van der Waals surface area contributed by atoms with Crippen LogP contribution in [0.5, 0.6) is 23.0 Å². The first-order valence-electron chi connectivity index (χ1n) is 23.9. The molecule has 0 atom stereocenters. The molecule has 85 heavy (non-hydrogen) atoms. The molecule has 0 aliphatic carbocycles. The topological polar surface area (TPSA) is 482 Å². The van der Waals surface area contributed by atoms with Gasteiger partial charge in [-0.1, -0.05) is 6.07 Å². The van der Waals surface area contributed by atoms with Crippen molar-refractivity contribution in [1.29, 1.82) is 0 Å². The summed E-state index contributed by atoms with van der Waals surface area (Å²) in [5, 5.41) is 161. The second-order valence-electron chi connectivity index (χ2n) is 18.1. The zero-order valence-electron chi connectivity index (χ0n) is 43.0. The number of azo groups is 4.